The molecule has 2 aromatic rings. The summed E-state index contributed by atoms with van der Waals surface area (Å²) in [5.41, 5.74) is 0.175. The molecule has 0 unspecified atom stereocenters. The summed E-state index contributed by atoms with van der Waals surface area (Å²) >= 11 is 11.9. The number of nitrogens with zero attached hydrogens (tertiary/aromatic N) is 1. The summed E-state index contributed by atoms with van der Waals surface area (Å²) in [5.74, 6) is -0.533. The lowest BCUT2D eigenvalue weighted by Crippen LogP contribution is -2.47. The number of amides is 2. The zero-order chi connectivity index (χ0) is 21.0. The molecule has 0 aromatic heterocycles. The van der Waals surface area contributed by atoms with Crippen molar-refractivity contribution in [2.45, 2.75) is 18.9 Å². The van der Waals surface area contributed by atoms with Crippen LogP contribution in [0.25, 0.3) is 0 Å². The van der Waals surface area contributed by atoms with Gasteiger partial charge in [0, 0.05) is 35.8 Å². The van der Waals surface area contributed by atoms with Gasteiger partial charge in [0.25, 0.3) is 11.8 Å². The smallest absolute Gasteiger partial charge is 0.260 e. The zero-order valence-corrected chi connectivity index (χ0v) is 16.9. The fraction of sp³-hybridized carbons (Fsp3) is 0.300. The van der Waals surface area contributed by atoms with E-state index in [-0.39, 0.29) is 41.5 Å². The summed E-state index contributed by atoms with van der Waals surface area (Å²) < 4.78 is 5.48. The second kappa shape index (κ2) is 9.24. The molecule has 0 atom stereocenters. The Morgan fingerprint density at radius 3 is 2.34 bits per heavy atom. The van der Waals surface area contributed by atoms with Crippen molar-refractivity contribution >= 4 is 35.0 Å². The Kier molecular flexibility index (Phi) is 6.71. The van der Waals surface area contributed by atoms with Gasteiger partial charge in [-0.15, -0.1) is 0 Å². The topological polar surface area (TPSA) is 99.1 Å². The van der Waals surface area contributed by atoms with Crippen molar-refractivity contribution in [3.05, 3.63) is 52.0 Å². The number of benzene rings is 2. The molecule has 3 N–H and O–H groups in total. The maximum absolute atomic E-state index is 12.4. The molecule has 7 nitrogen and oxygen atoms in total. The maximum Gasteiger partial charge on any atom is 0.260 e. The number of piperidine rings is 1. The molecule has 3 rings (SSSR count). The molecule has 2 aromatic carbocycles. The fourth-order valence-corrected chi connectivity index (χ4v) is 3.55. The summed E-state index contributed by atoms with van der Waals surface area (Å²) in [7, 11) is 0. The van der Waals surface area contributed by atoms with Gasteiger partial charge in [0.15, 0.2) is 6.61 Å². The molecular weight excluding hydrogens is 419 g/mol. The lowest BCUT2D eigenvalue weighted by molar-refractivity contribution is -0.134. The number of carbonyl (C=O) groups excluding carboxylic acids is 2. The first-order valence-electron chi connectivity index (χ1n) is 9.01. The molecule has 154 valence electrons. The monoisotopic (exact) mass is 438 g/mol. The lowest BCUT2D eigenvalue weighted by atomic mass is 10.0. The van der Waals surface area contributed by atoms with E-state index in [2.05, 4.69) is 5.32 Å². The lowest BCUT2D eigenvalue weighted by Gasteiger charge is -2.32. The molecule has 1 aliphatic heterocycles. The van der Waals surface area contributed by atoms with Crippen LogP contribution < -0.4 is 10.1 Å². The van der Waals surface area contributed by atoms with Crippen molar-refractivity contribution in [1.29, 1.82) is 0 Å². The molecule has 1 saturated heterocycles. The molecule has 0 saturated carbocycles. The van der Waals surface area contributed by atoms with Crippen LogP contribution >= 0.6 is 23.2 Å². The van der Waals surface area contributed by atoms with Gasteiger partial charge in [0.1, 0.15) is 17.2 Å². The number of likely N-dealkylation sites (tertiary alicyclic amines) is 1. The number of halogens is 2. The zero-order valence-electron chi connectivity index (χ0n) is 15.4. The van der Waals surface area contributed by atoms with E-state index < -0.39 is 0 Å². The van der Waals surface area contributed by atoms with Crippen molar-refractivity contribution in [3.8, 4) is 17.2 Å². The van der Waals surface area contributed by atoms with E-state index in [9.17, 15) is 19.8 Å². The Balaban J connectivity index is 1.47. The van der Waals surface area contributed by atoms with Crippen molar-refractivity contribution in [3.63, 3.8) is 0 Å². The molecule has 1 fully saturated rings. The van der Waals surface area contributed by atoms with E-state index in [0.717, 1.165) is 6.07 Å². The van der Waals surface area contributed by atoms with Crippen LogP contribution in [0.5, 0.6) is 17.2 Å². The van der Waals surface area contributed by atoms with Gasteiger partial charge in [0.2, 0.25) is 0 Å². The number of phenols is 2. The molecule has 29 heavy (non-hydrogen) atoms. The van der Waals surface area contributed by atoms with Crippen molar-refractivity contribution in [1.82, 2.24) is 10.2 Å². The van der Waals surface area contributed by atoms with E-state index in [1.54, 1.807) is 23.1 Å². The van der Waals surface area contributed by atoms with Gasteiger partial charge >= 0.3 is 0 Å². The van der Waals surface area contributed by atoms with Gasteiger partial charge in [-0.25, -0.2) is 0 Å². The van der Waals surface area contributed by atoms with Gasteiger partial charge in [-0.1, -0.05) is 23.2 Å². The molecule has 0 spiro atoms. The number of nitrogens with one attached hydrogen (secondary N) is 1. The standard InChI is InChI=1S/C20H20Cl2N2O5/c21-13-1-2-18(17(22)9-13)29-11-19(27)24-5-3-14(4-6-24)23-20(28)12-7-15(25)10-16(26)8-12/h1-2,7-10,14,25-26H,3-6,11H2,(H,23,28). The minimum atomic E-state index is -0.387. The Morgan fingerprint density at radius 1 is 1.07 bits per heavy atom. The molecule has 0 aliphatic carbocycles. The molecule has 0 bridgehead atoms. The summed E-state index contributed by atoms with van der Waals surface area (Å²) in [4.78, 5) is 26.3. The van der Waals surface area contributed by atoms with Crippen LogP contribution in [-0.4, -0.2) is 52.7 Å². The number of phenolic OH excluding ortho intramolecular Hbond substituents is 2. The van der Waals surface area contributed by atoms with Crippen molar-refractivity contribution < 1.29 is 24.5 Å². The highest BCUT2D eigenvalue weighted by molar-refractivity contribution is 6.35. The Bertz CT molecular complexity index is 893. The number of aromatic hydroxyl groups is 2. The number of ether oxygens (including phenoxy) is 1. The molecular formula is C20H20Cl2N2O5. The third-order valence-electron chi connectivity index (χ3n) is 4.59. The highest BCUT2D eigenvalue weighted by atomic mass is 35.5. The summed E-state index contributed by atoms with van der Waals surface area (Å²) in [6.45, 7) is 0.820. The van der Waals surface area contributed by atoms with Crippen LogP contribution in [0.1, 0.15) is 23.2 Å². The molecule has 9 heteroatoms. The normalized spacial score (nSPS) is 14.5. The second-order valence-electron chi connectivity index (χ2n) is 6.73. The van der Waals surface area contributed by atoms with E-state index in [1.165, 1.54) is 12.1 Å². The molecule has 2 amide bonds. The average Bonchev–Trinajstić information content (AvgIpc) is 2.67. The minimum absolute atomic E-state index is 0.109. The van der Waals surface area contributed by atoms with Crippen LogP contribution in [-0.2, 0) is 4.79 Å². The van der Waals surface area contributed by atoms with Crippen LogP contribution in [0.15, 0.2) is 36.4 Å². The van der Waals surface area contributed by atoms with Crippen LogP contribution in [0.3, 0.4) is 0 Å². The van der Waals surface area contributed by atoms with Gasteiger partial charge in [-0.3, -0.25) is 9.59 Å². The Labute approximate surface area is 177 Å². The van der Waals surface area contributed by atoms with Gasteiger partial charge < -0.3 is 25.2 Å². The van der Waals surface area contributed by atoms with Gasteiger partial charge in [0.05, 0.1) is 5.02 Å². The van der Waals surface area contributed by atoms with E-state index in [0.29, 0.717) is 41.7 Å². The van der Waals surface area contributed by atoms with Crippen molar-refractivity contribution in [2.75, 3.05) is 19.7 Å². The van der Waals surface area contributed by atoms with Crippen LogP contribution in [0, 0.1) is 0 Å². The number of carbonyl (C=O) groups is 2. The Hall–Kier alpha value is -2.64. The summed E-state index contributed by atoms with van der Waals surface area (Å²) in [6.07, 6.45) is 1.17. The summed E-state index contributed by atoms with van der Waals surface area (Å²) in [6, 6.07) is 8.40. The quantitative estimate of drug-likeness (QED) is 0.665. The summed E-state index contributed by atoms with van der Waals surface area (Å²) in [5, 5.41) is 22.7. The van der Waals surface area contributed by atoms with E-state index in [1.807, 2.05) is 0 Å². The first-order chi connectivity index (χ1) is 13.8. The average molecular weight is 439 g/mol. The highest BCUT2D eigenvalue weighted by Crippen LogP contribution is 2.27. The van der Waals surface area contributed by atoms with E-state index >= 15 is 0 Å². The number of hydrogen-bond donors (Lipinski definition) is 3. The maximum atomic E-state index is 12.4. The minimum Gasteiger partial charge on any atom is -0.508 e. The van der Waals surface area contributed by atoms with Crippen LogP contribution in [0.4, 0.5) is 0 Å². The number of hydrogen-bond acceptors (Lipinski definition) is 5. The first kappa shape index (κ1) is 21.1. The third-order valence-corrected chi connectivity index (χ3v) is 5.12. The predicted octanol–water partition coefficient (Wildman–Crippen LogP) is 3.20. The largest absolute Gasteiger partial charge is 0.508 e. The molecule has 0 radical (unpaired) electrons. The van der Waals surface area contributed by atoms with Crippen molar-refractivity contribution in [2.24, 2.45) is 0 Å². The molecule has 1 heterocycles. The highest BCUT2D eigenvalue weighted by Gasteiger charge is 2.24. The van der Waals surface area contributed by atoms with Gasteiger partial charge in [-0.2, -0.15) is 0 Å². The second-order valence-corrected chi connectivity index (χ2v) is 7.57. The molecule has 1 aliphatic rings. The van der Waals surface area contributed by atoms with Gasteiger partial charge in [-0.05, 0) is 43.2 Å². The first-order valence-corrected chi connectivity index (χ1v) is 9.77. The number of rotatable bonds is 5. The van der Waals surface area contributed by atoms with Crippen LogP contribution in [0.2, 0.25) is 10.0 Å². The van der Waals surface area contributed by atoms with E-state index in [4.69, 9.17) is 27.9 Å². The predicted molar refractivity (Wildman–Crippen MR) is 109 cm³/mol. The SMILES string of the molecule is O=C(NC1CCN(C(=O)COc2ccc(Cl)cc2Cl)CC1)c1cc(O)cc(O)c1. The fourth-order valence-electron chi connectivity index (χ4n) is 3.09. The third kappa shape index (κ3) is 5.68. The Morgan fingerprint density at radius 2 is 1.72 bits per heavy atom.